The molecule has 0 saturated carbocycles. The molecule has 3 N–H and O–H groups in total. The van der Waals surface area contributed by atoms with E-state index in [1.54, 1.807) is 11.3 Å². The summed E-state index contributed by atoms with van der Waals surface area (Å²) in [6.07, 6.45) is 1.28. The Hall–Kier alpha value is -1.40. The normalized spacial score (nSPS) is 13.8. The Balaban J connectivity index is 2.36. The number of carbonyl (C=O) groups is 2. The number of carbonyl (C=O) groups excluding carboxylic acids is 1. The van der Waals surface area contributed by atoms with Crippen LogP contribution in [0.15, 0.2) is 17.5 Å². The summed E-state index contributed by atoms with van der Waals surface area (Å²) in [5, 5.41) is 16.5. The first kappa shape index (κ1) is 15.7. The predicted octanol–water partition coefficient (Wildman–Crippen LogP) is 1.77. The molecule has 6 heteroatoms. The first-order valence-electron chi connectivity index (χ1n) is 6.33. The van der Waals surface area contributed by atoms with Gasteiger partial charge in [0.05, 0.1) is 12.6 Å². The van der Waals surface area contributed by atoms with E-state index in [9.17, 15) is 9.59 Å². The van der Waals surface area contributed by atoms with Gasteiger partial charge in [0.15, 0.2) is 0 Å². The van der Waals surface area contributed by atoms with Crippen LogP contribution < -0.4 is 10.6 Å². The molecule has 5 nitrogen and oxygen atoms in total. The molecule has 0 fully saturated rings. The number of rotatable bonds is 8. The van der Waals surface area contributed by atoms with Crippen LogP contribution in [0, 0.1) is 0 Å². The van der Waals surface area contributed by atoms with Gasteiger partial charge in [0.1, 0.15) is 6.04 Å². The molecule has 0 aromatic carbocycles. The van der Waals surface area contributed by atoms with Crippen LogP contribution in [-0.2, 0) is 9.59 Å². The van der Waals surface area contributed by atoms with Crippen molar-refractivity contribution in [3.8, 4) is 0 Å². The zero-order valence-electron chi connectivity index (χ0n) is 11.2. The molecule has 19 heavy (non-hydrogen) atoms. The summed E-state index contributed by atoms with van der Waals surface area (Å²) in [5.41, 5.74) is 0. The van der Waals surface area contributed by atoms with Gasteiger partial charge in [-0.25, -0.2) is 0 Å². The zero-order valence-corrected chi connectivity index (χ0v) is 12.0. The number of nitrogens with one attached hydrogen (secondary N) is 2. The van der Waals surface area contributed by atoms with E-state index in [0.717, 1.165) is 11.3 Å². The number of hydrogen-bond acceptors (Lipinski definition) is 4. The molecule has 1 amide bonds. The quantitative estimate of drug-likeness (QED) is 0.680. The summed E-state index contributed by atoms with van der Waals surface area (Å²) >= 11 is 1.58. The molecule has 1 heterocycles. The fourth-order valence-corrected chi connectivity index (χ4v) is 2.45. The van der Waals surface area contributed by atoms with E-state index in [-0.39, 0.29) is 18.5 Å². The van der Waals surface area contributed by atoms with Gasteiger partial charge < -0.3 is 10.4 Å². The van der Waals surface area contributed by atoms with Gasteiger partial charge in [0.25, 0.3) is 0 Å². The van der Waals surface area contributed by atoms with Gasteiger partial charge in [-0.3, -0.25) is 14.9 Å². The highest BCUT2D eigenvalue weighted by Crippen LogP contribution is 2.17. The third-order valence-electron chi connectivity index (χ3n) is 2.73. The molecule has 1 rings (SSSR count). The van der Waals surface area contributed by atoms with Crippen LogP contribution in [0.2, 0.25) is 0 Å². The molecule has 0 bridgehead atoms. The highest BCUT2D eigenvalue weighted by Gasteiger charge is 2.17. The maximum absolute atomic E-state index is 11.7. The lowest BCUT2D eigenvalue weighted by molar-refractivity contribution is -0.139. The second kappa shape index (κ2) is 7.91. The van der Waals surface area contributed by atoms with Crippen LogP contribution in [-0.4, -0.2) is 29.6 Å². The van der Waals surface area contributed by atoms with Crippen molar-refractivity contribution < 1.29 is 14.7 Å². The molecule has 2 atom stereocenters. The lowest BCUT2D eigenvalue weighted by atomic mass is 10.1. The Morgan fingerprint density at radius 2 is 2.21 bits per heavy atom. The van der Waals surface area contributed by atoms with E-state index in [4.69, 9.17) is 5.11 Å². The number of carboxylic acids is 1. The minimum Gasteiger partial charge on any atom is -0.480 e. The van der Waals surface area contributed by atoms with Crippen molar-refractivity contribution in [2.75, 3.05) is 6.54 Å². The van der Waals surface area contributed by atoms with Crippen molar-refractivity contribution in [1.29, 1.82) is 0 Å². The average Bonchev–Trinajstić information content (AvgIpc) is 2.87. The monoisotopic (exact) mass is 284 g/mol. The maximum Gasteiger partial charge on any atom is 0.320 e. The predicted molar refractivity (Wildman–Crippen MR) is 75.2 cm³/mol. The second-order valence-electron chi connectivity index (χ2n) is 4.37. The summed E-state index contributed by atoms with van der Waals surface area (Å²) in [6.45, 7) is 3.84. The van der Waals surface area contributed by atoms with Gasteiger partial charge in [0, 0.05) is 4.88 Å². The fraction of sp³-hybridized carbons (Fsp3) is 0.538. The molecule has 0 aliphatic heterocycles. The van der Waals surface area contributed by atoms with Crippen LogP contribution in [0.4, 0.5) is 0 Å². The minimum atomic E-state index is -0.916. The van der Waals surface area contributed by atoms with Gasteiger partial charge in [0.2, 0.25) is 5.91 Å². The smallest absolute Gasteiger partial charge is 0.320 e. The van der Waals surface area contributed by atoms with E-state index >= 15 is 0 Å². The molecule has 0 aliphatic rings. The Kier molecular flexibility index (Phi) is 6.52. The van der Waals surface area contributed by atoms with Crippen LogP contribution in [0.25, 0.3) is 0 Å². The van der Waals surface area contributed by atoms with Crippen molar-refractivity contribution in [3.63, 3.8) is 0 Å². The Morgan fingerprint density at radius 3 is 2.74 bits per heavy atom. The highest BCUT2D eigenvalue weighted by atomic mass is 32.1. The maximum atomic E-state index is 11.7. The van der Waals surface area contributed by atoms with E-state index < -0.39 is 12.0 Å². The SMILES string of the molecule is CCCC(NCC(=O)NC(C)c1cccs1)C(=O)O. The first-order valence-corrected chi connectivity index (χ1v) is 7.21. The summed E-state index contributed by atoms with van der Waals surface area (Å²) in [4.78, 5) is 23.7. The van der Waals surface area contributed by atoms with Gasteiger partial charge in [-0.05, 0) is 24.8 Å². The largest absolute Gasteiger partial charge is 0.480 e. The van der Waals surface area contributed by atoms with Crippen molar-refractivity contribution in [3.05, 3.63) is 22.4 Å². The molecular weight excluding hydrogens is 264 g/mol. The lowest BCUT2D eigenvalue weighted by Crippen LogP contribution is -2.43. The molecular formula is C13H20N2O3S. The molecule has 0 radical (unpaired) electrons. The van der Waals surface area contributed by atoms with Crippen LogP contribution >= 0.6 is 11.3 Å². The highest BCUT2D eigenvalue weighted by molar-refractivity contribution is 7.10. The van der Waals surface area contributed by atoms with Gasteiger partial charge in [-0.1, -0.05) is 19.4 Å². The number of hydrogen-bond donors (Lipinski definition) is 3. The molecule has 0 spiro atoms. The van der Waals surface area contributed by atoms with Crippen LogP contribution in [0.1, 0.15) is 37.6 Å². The van der Waals surface area contributed by atoms with E-state index in [1.165, 1.54) is 0 Å². The third kappa shape index (κ3) is 5.40. The van der Waals surface area contributed by atoms with Crippen molar-refractivity contribution in [1.82, 2.24) is 10.6 Å². The standard InChI is InChI=1S/C13H20N2O3S/c1-3-5-10(13(17)18)14-8-12(16)15-9(2)11-6-4-7-19-11/h4,6-7,9-10,14H,3,5,8H2,1-2H3,(H,15,16)(H,17,18). The summed E-state index contributed by atoms with van der Waals surface area (Å²) in [5.74, 6) is -1.11. The molecule has 1 aromatic heterocycles. The van der Waals surface area contributed by atoms with E-state index in [1.807, 2.05) is 31.4 Å². The van der Waals surface area contributed by atoms with Crippen molar-refractivity contribution in [2.24, 2.45) is 0 Å². The Bertz CT molecular complexity index is 406. The summed E-state index contributed by atoms with van der Waals surface area (Å²) in [7, 11) is 0. The molecule has 0 aliphatic carbocycles. The number of aliphatic carboxylic acids is 1. The van der Waals surface area contributed by atoms with E-state index in [2.05, 4.69) is 10.6 Å². The Labute approximate surface area is 117 Å². The second-order valence-corrected chi connectivity index (χ2v) is 5.34. The van der Waals surface area contributed by atoms with Crippen LogP contribution in [0.5, 0.6) is 0 Å². The molecule has 106 valence electrons. The van der Waals surface area contributed by atoms with Crippen LogP contribution in [0.3, 0.4) is 0 Å². The third-order valence-corrected chi connectivity index (χ3v) is 3.79. The Morgan fingerprint density at radius 1 is 1.47 bits per heavy atom. The lowest BCUT2D eigenvalue weighted by Gasteiger charge is -2.15. The van der Waals surface area contributed by atoms with Crippen molar-refractivity contribution in [2.45, 2.75) is 38.8 Å². The van der Waals surface area contributed by atoms with Gasteiger partial charge in [-0.15, -0.1) is 11.3 Å². The number of carboxylic acid groups (broad SMARTS) is 1. The number of thiophene rings is 1. The number of amides is 1. The fourth-order valence-electron chi connectivity index (χ4n) is 1.72. The molecule has 1 aromatic rings. The summed E-state index contributed by atoms with van der Waals surface area (Å²) < 4.78 is 0. The molecule has 0 saturated heterocycles. The first-order chi connectivity index (χ1) is 9.04. The topological polar surface area (TPSA) is 78.4 Å². The summed E-state index contributed by atoms with van der Waals surface area (Å²) in [6, 6.07) is 3.18. The van der Waals surface area contributed by atoms with Crippen molar-refractivity contribution >= 4 is 23.2 Å². The minimum absolute atomic E-state index is 0.0205. The zero-order chi connectivity index (χ0) is 14.3. The molecule has 2 unspecified atom stereocenters. The average molecular weight is 284 g/mol. The van der Waals surface area contributed by atoms with Gasteiger partial charge in [-0.2, -0.15) is 0 Å². The van der Waals surface area contributed by atoms with E-state index in [0.29, 0.717) is 6.42 Å². The van der Waals surface area contributed by atoms with Gasteiger partial charge >= 0.3 is 5.97 Å².